The SMILES string of the molecule is C=C(CC[C@@H](C)[C@H]1CC[C@H]2[C@@H]3CC=C4C[C@@H](O)CC[C@]4(O)[C@H]3CC[C@]12C)C(C)C. The Kier molecular flexibility index (Phi) is 5.84. The van der Waals surface area contributed by atoms with Gasteiger partial charge in [-0.15, -0.1) is 0 Å². The van der Waals surface area contributed by atoms with Gasteiger partial charge in [0.15, 0.2) is 0 Å². The Balaban J connectivity index is 1.49. The molecule has 4 aliphatic carbocycles. The molecule has 2 heteroatoms. The molecule has 8 atom stereocenters. The summed E-state index contributed by atoms with van der Waals surface area (Å²) in [6.07, 6.45) is 13.1. The normalized spacial score (nSPS) is 45.2. The lowest BCUT2D eigenvalue weighted by molar-refractivity contribution is -0.112. The van der Waals surface area contributed by atoms with Crippen molar-refractivity contribution < 1.29 is 10.2 Å². The Morgan fingerprint density at radius 2 is 1.90 bits per heavy atom. The first-order chi connectivity index (χ1) is 13.7. The molecule has 4 rings (SSSR count). The van der Waals surface area contributed by atoms with Gasteiger partial charge in [0.05, 0.1) is 11.7 Å². The summed E-state index contributed by atoms with van der Waals surface area (Å²) in [5.41, 5.74) is 2.39. The standard InChI is InChI=1S/C27H44O2/c1-17(2)18(3)6-7-19(4)23-10-11-24-22-9-8-20-16-21(28)12-15-27(20,29)25(22)13-14-26(23,24)5/h8,17,19,21-25,28-29H,3,6-7,9-16H2,1-2,4-5H3/t19-,21+,22+,23-,24+,25+,26-,27-/m1/s1. The van der Waals surface area contributed by atoms with Crippen molar-refractivity contribution in [2.24, 2.45) is 40.9 Å². The van der Waals surface area contributed by atoms with Gasteiger partial charge in [0, 0.05) is 0 Å². The van der Waals surface area contributed by atoms with E-state index in [4.69, 9.17) is 0 Å². The highest BCUT2D eigenvalue weighted by Crippen LogP contribution is 2.65. The highest BCUT2D eigenvalue weighted by atomic mass is 16.3. The van der Waals surface area contributed by atoms with Gasteiger partial charge in [-0.3, -0.25) is 0 Å². The van der Waals surface area contributed by atoms with Crippen LogP contribution in [0.4, 0.5) is 0 Å². The molecular weight excluding hydrogens is 356 g/mol. The van der Waals surface area contributed by atoms with E-state index in [2.05, 4.69) is 40.3 Å². The van der Waals surface area contributed by atoms with E-state index in [0.29, 0.717) is 29.6 Å². The van der Waals surface area contributed by atoms with Gasteiger partial charge < -0.3 is 10.2 Å². The lowest BCUT2D eigenvalue weighted by Crippen LogP contribution is -2.55. The molecule has 2 nitrogen and oxygen atoms in total. The maximum atomic E-state index is 11.7. The van der Waals surface area contributed by atoms with E-state index in [9.17, 15) is 10.2 Å². The van der Waals surface area contributed by atoms with Crippen LogP contribution in [-0.2, 0) is 0 Å². The number of allylic oxidation sites excluding steroid dienone is 2. The van der Waals surface area contributed by atoms with Gasteiger partial charge in [-0.1, -0.05) is 45.9 Å². The summed E-state index contributed by atoms with van der Waals surface area (Å²) in [4.78, 5) is 0. The minimum Gasteiger partial charge on any atom is -0.393 e. The number of fused-ring (bicyclic) bond motifs is 5. The van der Waals surface area contributed by atoms with Crippen LogP contribution < -0.4 is 0 Å². The summed E-state index contributed by atoms with van der Waals surface area (Å²) in [7, 11) is 0. The Hall–Kier alpha value is -0.600. The zero-order valence-corrected chi connectivity index (χ0v) is 19.3. The van der Waals surface area contributed by atoms with E-state index < -0.39 is 5.60 Å². The smallest absolute Gasteiger partial charge is 0.0889 e. The lowest BCUT2D eigenvalue weighted by Gasteiger charge is -2.57. The van der Waals surface area contributed by atoms with Gasteiger partial charge in [0.2, 0.25) is 0 Å². The number of rotatable bonds is 5. The zero-order valence-electron chi connectivity index (χ0n) is 19.3. The van der Waals surface area contributed by atoms with Crippen LogP contribution in [0.1, 0.15) is 91.9 Å². The van der Waals surface area contributed by atoms with Crippen LogP contribution in [0.25, 0.3) is 0 Å². The van der Waals surface area contributed by atoms with Crippen LogP contribution in [0, 0.1) is 40.9 Å². The second kappa shape index (κ2) is 7.83. The van der Waals surface area contributed by atoms with Crippen LogP contribution in [0.3, 0.4) is 0 Å². The zero-order chi connectivity index (χ0) is 21.0. The molecule has 3 fully saturated rings. The van der Waals surface area contributed by atoms with Gasteiger partial charge >= 0.3 is 0 Å². The molecule has 0 saturated heterocycles. The van der Waals surface area contributed by atoms with Crippen LogP contribution >= 0.6 is 0 Å². The van der Waals surface area contributed by atoms with Crippen LogP contribution in [0.15, 0.2) is 23.8 Å². The van der Waals surface area contributed by atoms with Crippen LogP contribution in [0.2, 0.25) is 0 Å². The fourth-order valence-corrected chi connectivity index (χ4v) is 8.13. The topological polar surface area (TPSA) is 40.5 Å². The Labute approximate surface area is 178 Å². The molecule has 0 aromatic rings. The average Bonchev–Trinajstić information content (AvgIpc) is 3.03. The average molecular weight is 401 g/mol. The third-order valence-corrected chi connectivity index (χ3v) is 10.1. The predicted octanol–water partition coefficient (Wildman–Crippen LogP) is 6.28. The molecule has 29 heavy (non-hydrogen) atoms. The molecule has 0 spiro atoms. The highest BCUT2D eigenvalue weighted by Gasteiger charge is 2.59. The third kappa shape index (κ3) is 3.57. The second-order valence-electron chi connectivity index (χ2n) is 11.7. The van der Waals surface area contributed by atoms with E-state index in [1.165, 1.54) is 44.1 Å². The highest BCUT2D eigenvalue weighted by molar-refractivity contribution is 5.28. The largest absolute Gasteiger partial charge is 0.393 e. The first-order valence-corrected chi connectivity index (χ1v) is 12.4. The number of aliphatic hydroxyl groups excluding tert-OH is 1. The summed E-state index contributed by atoms with van der Waals surface area (Å²) in [5, 5.41) is 21.8. The van der Waals surface area contributed by atoms with E-state index >= 15 is 0 Å². The van der Waals surface area contributed by atoms with Crippen LogP contribution in [-0.4, -0.2) is 21.9 Å². The van der Waals surface area contributed by atoms with E-state index in [1.807, 2.05) is 0 Å². The summed E-state index contributed by atoms with van der Waals surface area (Å²) in [5.74, 6) is 4.00. The Morgan fingerprint density at radius 1 is 1.14 bits per heavy atom. The first-order valence-electron chi connectivity index (χ1n) is 12.4. The molecule has 0 radical (unpaired) electrons. The minimum absolute atomic E-state index is 0.246. The number of aliphatic hydroxyl groups is 2. The molecule has 0 aromatic heterocycles. The van der Waals surface area contributed by atoms with Crippen molar-refractivity contribution in [1.82, 2.24) is 0 Å². The predicted molar refractivity (Wildman–Crippen MR) is 120 cm³/mol. The maximum absolute atomic E-state index is 11.7. The summed E-state index contributed by atoms with van der Waals surface area (Å²) < 4.78 is 0. The van der Waals surface area contributed by atoms with Gasteiger partial charge in [0.1, 0.15) is 0 Å². The Morgan fingerprint density at radius 3 is 2.62 bits per heavy atom. The molecule has 0 amide bonds. The molecule has 0 unspecified atom stereocenters. The minimum atomic E-state index is -0.623. The molecule has 0 bridgehead atoms. The molecular formula is C27H44O2. The fourth-order valence-electron chi connectivity index (χ4n) is 8.13. The van der Waals surface area contributed by atoms with Crippen molar-refractivity contribution in [2.75, 3.05) is 0 Å². The monoisotopic (exact) mass is 400 g/mol. The van der Waals surface area contributed by atoms with Crippen molar-refractivity contribution in [3.63, 3.8) is 0 Å². The van der Waals surface area contributed by atoms with E-state index in [-0.39, 0.29) is 6.10 Å². The molecule has 164 valence electrons. The molecule has 3 saturated carbocycles. The van der Waals surface area contributed by atoms with Crippen LogP contribution in [0.5, 0.6) is 0 Å². The molecule has 0 aliphatic heterocycles. The first kappa shape index (κ1) is 21.6. The maximum Gasteiger partial charge on any atom is 0.0889 e. The van der Waals surface area contributed by atoms with Crippen molar-refractivity contribution in [2.45, 2.75) is 104 Å². The number of hydrogen-bond acceptors (Lipinski definition) is 2. The van der Waals surface area contributed by atoms with Gasteiger partial charge in [-0.2, -0.15) is 0 Å². The van der Waals surface area contributed by atoms with Gasteiger partial charge in [-0.05, 0) is 111 Å². The van der Waals surface area contributed by atoms with E-state index in [1.54, 1.807) is 0 Å². The summed E-state index contributed by atoms with van der Waals surface area (Å²) in [6, 6.07) is 0. The summed E-state index contributed by atoms with van der Waals surface area (Å²) in [6.45, 7) is 13.9. The van der Waals surface area contributed by atoms with Gasteiger partial charge in [-0.25, -0.2) is 0 Å². The Bertz CT molecular complexity index is 663. The molecule has 4 aliphatic rings. The quantitative estimate of drug-likeness (QED) is 0.533. The second-order valence-corrected chi connectivity index (χ2v) is 11.7. The van der Waals surface area contributed by atoms with Crippen molar-refractivity contribution in [1.29, 1.82) is 0 Å². The van der Waals surface area contributed by atoms with Crippen molar-refractivity contribution in [3.05, 3.63) is 23.8 Å². The molecule has 0 heterocycles. The molecule has 0 aromatic carbocycles. The van der Waals surface area contributed by atoms with Crippen molar-refractivity contribution in [3.8, 4) is 0 Å². The van der Waals surface area contributed by atoms with E-state index in [0.717, 1.165) is 42.6 Å². The van der Waals surface area contributed by atoms with Crippen molar-refractivity contribution >= 4 is 0 Å². The third-order valence-electron chi connectivity index (χ3n) is 10.1. The summed E-state index contributed by atoms with van der Waals surface area (Å²) >= 11 is 0. The molecule has 2 N–H and O–H groups in total. The number of hydrogen-bond donors (Lipinski definition) is 2. The fraction of sp³-hybridized carbons (Fsp3) is 0.852. The lowest BCUT2D eigenvalue weighted by atomic mass is 9.49. The van der Waals surface area contributed by atoms with Gasteiger partial charge in [0.25, 0.3) is 0 Å².